The normalized spacial score (nSPS) is 40.6. The van der Waals surface area contributed by atoms with Crippen LogP contribution in [-0.2, 0) is 0 Å². The predicted molar refractivity (Wildman–Crippen MR) is 90.5 cm³/mol. The van der Waals surface area contributed by atoms with Gasteiger partial charge in [0, 0.05) is 26.2 Å². The van der Waals surface area contributed by atoms with Gasteiger partial charge in [-0.3, -0.25) is 0 Å². The molecule has 4 atom stereocenters. The molecule has 0 spiro atoms. The molecule has 4 unspecified atom stereocenters. The Bertz CT molecular complexity index is 318. The summed E-state index contributed by atoms with van der Waals surface area (Å²) in [5.74, 6) is 3.03. The molecule has 0 bridgehead atoms. The van der Waals surface area contributed by atoms with E-state index in [1.807, 2.05) is 0 Å². The van der Waals surface area contributed by atoms with Gasteiger partial charge in [0.05, 0.1) is 0 Å². The van der Waals surface area contributed by atoms with Crippen molar-refractivity contribution >= 4 is 0 Å². The maximum Gasteiger partial charge on any atom is 0.00505 e. The second-order valence-corrected chi connectivity index (χ2v) is 8.52. The minimum absolute atomic E-state index is 0.575. The molecule has 1 N–H and O–H groups in total. The number of hydrogen-bond acceptors (Lipinski definition) is 2. The molecule has 3 fully saturated rings. The molecule has 3 aliphatic rings. The van der Waals surface area contributed by atoms with E-state index in [1.165, 1.54) is 84.1 Å². The first kappa shape index (κ1) is 15.8. The summed E-state index contributed by atoms with van der Waals surface area (Å²) in [6, 6.07) is 0. The zero-order valence-corrected chi connectivity index (χ0v) is 14.4. The van der Waals surface area contributed by atoms with Gasteiger partial charge in [0.2, 0.25) is 0 Å². The average molecular weight is 293 g/mol. The second-order valence-electron chi connectivity index (χ2n) is 8.52. The molecule has 0 radical (unpaired) electrons. The zero-order chi connectivity index (χ0) is 14.7. The first-order valence-electron chi connectivity index (χ1n) is 9.64. The average Bonchev–Trinajstić information content (AvgIpc) is 2.99. The lowest BCUT2D eigenvalue weighted by atomic mass is 9.69. The Kier molecular flexibility index (Phi) is 5.27. The van der Waals surface area contributed by atoms with Crippen LogP contribution in [0.15, 0.2) is 0 Å². The first-order valence-corrected chi connectivity index (χ1v) is 9.64. The summed E-state index contributed by atoms with van der Waals surface area (Å²) >= 11 is 0. The number of nitrogens with zero attached hydrogens (tertiary/aromatic N) is 1. The standard InChI is InChI=1S/C19H36N2/c1-3-10-20-14-19(9-5-6-16(2)11-19)15-21-12-17-7-4-8-18(17)13-21/h16-18,20H,3-15H2,1-2H3. The highest BCUT2D eigenvalue weighted by molar-refractivity contribution is 4.95. The van der Waals surface area contributed by atoms with E-state index in [-0.39, 0.29) is 0 Å². The van der Waals surface area contributed by atoms with Gasteiger partial charge in [0.25, 0.3) is 0 Å². The molecule has 0 amide bonds. The van der Waals surface area contributed by atoms with E-state index in [2.05, 4.69) is 24.1 Å². The molecular weight excluding hydrogens is 256 g/mol. The predicted octanol–water partition coefficient (Wildman–Crippen LogP) is 3.91. The van der Waals surface area contributed by atoms with Gasteiger partial charge in [-0.15, -0.1) is 0 Å². The third-order valence-electron chi connectivity index (χ3n) is 6.47. The minimum Gasteiger partial charge on any atom is -0.316 e. The SMILES string of the molecule is CCCNCC1(CN2CC3CCCC3C2)CCCC(C)C1. The first-order chi connectivity index (χ1) is 10.2. The van der Waals surface area contributed by atoms with Gasteiger partial charge in [-0.05, 0) is 61.8 Å². The Hall–Kier alpha value is -0.0800. The lowest BCUT2D eigenvalue weighted by Gasteiger charge is -2.43. The molecule has 0 aromatic carbocycles. The smallest absolute Gasteiger partial charge is 0.00505 e. The molecule has 0 aromatic heterocycles. The zero-order valence-electron chi connectivity index (χ0n) is 14.4. The summed E-state index contributed by atoms with van der Waals surface area (Å²) < 4.78 is 0. The molecule has 1 saturated heterocycles. The molecule has 0 aromatic rings. The number of rotatable bonds is 6. The minimum atomic E-state index is 0.575. The van der Waals surface area contributed by atoms with E-state index in [0.717, 1.165) is 17.8 Å². The van der Waals surface area contributed by atoms with Gasteiger partial charge in [-0.25, -0.2) is 0 Å². The Labute approximate surface area is 132 Å². The van der Waals surface area contributed by atoms with Crippen LogP contribution in [0.4, 0.5) is 0 Å². The molecule has 21 heavy (non-hydrogen) atoms. The molecule has 3 rings (SSSR count). The van der Waals surface area contributed by atoms with Crippen LogP contribution in [0.3, 0.4) is 0 Å². The lowest BCUT2D eigenvalue weighted by Crippen LogP contribution is -2.46. The second kappa shape index (κ2) is 7.00. The maximum atomic E-state index is 3.76. The molecule has 2 saturated carbocycles. The summed E-state index contributed by atoms with van der Waals surface area (Å²) in [7, 11) is 0. The van der Waals surface area contributed by atoms with Crippen LogP contribution in [0.5, 0.6) is 0 Å². The van der Waals surface area contributed by atoms with E-state index in [1.54, 1.807) is 0 Å². The Balaban J connectivity index is 1.59. The molecule has 122 valence electrons. The summed E-state index contributed by atoms with van der Waals surface area (Å²) in [4.78, 5) is 2.85. The monoisotopic (exact) mass is 292 g/mol. The van der Waals surface area contributed by atoms with E-state index in [0.29, 0.717) is 5.41 Å². The number of hydrogen-bond donors (Lipinski definition) is 1. The number of fused-ring (bicyclic) bond motifs is 1. The molecule has 2 heteroatoms. The van der Waals surface area contributed by atoms with E-state index >= 15 is 0 Å². The van der Waals surface area contributed by atoms with Gasteiger partial charge in [0.15, 0.2) is 0 Å². The van der Waals surface area contributed by atoms with Crippen molar-refractivity contribution in [3.63, 3.8) is 0 Å². The van der Waals surface area contributed by atoms with Gasteiger partial charge in [-0.1, -0.05) is 33.1 Å². The molecule has 2 nitrogen and oxygen atoms in total. The largest absolute Gasteiger partial charge is 0.316 e. The van der Waals surface area contributed by atoms with Crippen LogP contribution in [0.2, 0.25) is 0 Å². The summed E-state index contributed by atoms with van der Waals surface area (Å²) in [5, 5.41) is 3.76. The van der Waals surface area contributed by atoms with Crippen LogP contribution >= 0.6 is 0 Å². The molecule has 1 aliphatic heterocycles. The van der Waals surface area contributed by atoms with Crippen LogP contribution in [0.25, 0.3) is 0 Å². The summed E-state index contributed by atoms with van der Waals surface area (Å²) in [6.07, 6.45) is 11.6. The maximum absolute atomic E-state index is 3.76. The van der Waals surface area contributed by atoms with Crippen LogP contribution in [-0.4, -0.2) is 37.6 Å². The summed E-state index contributed by atoms with van der Waals surface area (Å²) in [5.41, 5.74) is 0.575. The highest BCUT2D eigenvalue weighted by Gasteiger charge is 2.41. The van der Waals surface area contributed by atoms with E-state index < -0.39 is 0 Å². The lowest BCUT2D eigenvalue weighted by molar-refractivity contribution is 0.0875. The van der Waals surface area contributed by atoms with Crippen LogP contribution < -0.4 is 5.32 Å². The van der Waals surface area contributed by atoms with E-state index in [4.69, 9.17) is 0 Å². The Morgan fingerprint density at radius 2 is 1.86 bits per heavy atom. The van der Waals surface area contributed by atoms with Gasteiger partial charge < -0.3 is 10.2 Å². The van der Waals surface area contributed by atoms with Crippen molar-refractivity contribution in [3.05, 3.63) is 0 Å². The van der Waals surface area contributed by atoms with Crippen molar-refractivity contribution in [2.24, 2.45) is 23.2 Å². The molecular formula is C19H36N2. The fraction of sp³-hybridized carbons (Fsp3) is 1.00. The van der Waals surface area contributed by atoms with Crippen LogP contribution in [0.1, 0.15) is 65.2 Å². The highest BCUT2D eigenvalue weighted by Crippen LogP contribution is 2.43. The van der Waals surface area contributed by atoms with Crippen molar-refractivity contribution in [2.75, 3.05) is 32.7 Å². The quantitative estimate of drug-likeness (QED) is 0.747. The highest BCUT2D eigenvalue weighted by atomic mass is 15.2. The van der Waals surface area contributed by atoms with Crippen molar-refractivity contribution < 1.29 is 0 Å². The third-order valence-corrected chi connectivity index (χ3v) is 6.47. The van der Waals surface area contributed by atoms with E-state index in [9.17, 15) is 0 Å². The van der Waals surface area contributed by atoms with Gasteiger partial charge in [-0.2, -0.15) is 0 Å². The van der Waals surface area contributed by atoms with Gasteiger partial charge >= 0.3 is 0 Å². The summed E-state index contributed by atoms with van der Waals surface area (Å²) in [6.45, 7) is 11.4. The van der Waals surface area contributed by atoms with Crippen LogP contribution in [0, 0.1) is 23.2 Å². The van der Waals surface area contributed by atoms with Crippen molar-refractivity contribution in [1.29, 1.82) is 0 Å². The van der Waals surface area contributed by atoms with Gasteiger partial charge in [0.1, 0.15) is 0 Å². The number of likely N-dealkylation sites (tertiary alicyclic amines) is 1. The van der Waals surface area contributed by atoms with Crippen molar-refractivity contribution in [3.8, 4) is 0 Å². The fourth-order valence-electron chi connectivity index (χ4n) is 5.59. The topological polar surface area (TPSA) is 15.3 Å². The molecule has 2 aliphatic carbocycles. The Morgan fingerprint density at radius 3 is 2.52 bits per heavy atom. The Morgan fingerprint density at radius 1 is 1.10 bits per heavy atom. The number of nitrogens with one attached hydrogen (secondary N) is 1. The van der Waals surface area contributed by atoms with Crippen molar-refractivity contribution in [1.82, 2.24) is 10.2 Å². The van der Waals surface area contributed by atoms with Crippen molar-refractivity contribution in [2.45, 2.75) is 65.2 Å². The fourth-order valence-corrected chi connectivity index (χ4v) is 5.59. The molecule has 1 heterocycles. The third kappa shape index (κ3) is 3.82.